The van der Waals surface area contributed by atoms with Crippen LogP contribution < -0.4 is 20.8 Å². The van der Waals surface area contributed by atoms with Crippen molar-refractivity contribution in [2.24, 2.45) is 0 Å². The number of amides is 1. The highest BCUT2D eigenvalue weighted by molar-refractivity contribution is 5.90. The Bertz CT molecular complexity index is 642. The Morgan fingerprint density at radius 2 is 2.04 bits per heavy atom. The van der Waals surface area contributed by atoms with Gasteiger partial charge < -0.3 is 20.1 Å². The summed E-state index contributed by atoms with van der Waals surface area (Å²) in [6, 6.07) is 4.88. The molecular formula is C15H23N5O5. The fraction of sp³-hybridized carbons (Fsp3) is 0.467. The zero-order chi connectivity index (χ0) is 19.0. The molecule has 0 radical (unpaired) electrons. The van der Waals surface area contributed by atoms with E-state index in [4.69, 9.17) is 14.9 Å². The second-order valence-electron chi connectivity index (χ2n) is 5.98. The van der Waals surface area contributed by atoms with Gasteiger partial charge >= 0.3 is 6.09 Å². The molecular weight excluding hydrogens is 330 g/mol. The largest absolute Gasteiger partial charge is 0.494 e. The van der Waals surface area contributed by atoms with Crippen LogP contribution in [0.2, 0.25) is 0 Å². The number of alkyl carbamates (subject to hydrolysis) is 1. The number of ether oxygens (including phenoxy) is 2. The number of benzene rings is 1. The van der Waals surface area contributed by atoms with E-state index in [0.29, 0.717) is 23.6 Å². The van der Waals surface area contributed by atoms with Gasteiger partial charge in [-0.15, -0.1) is 0 Å². The summed E-state index contributed by atoms with van der Waals surface area (Å²) in [6.07, 6.45) is -0.573. The normalized spacial score (nSPS) is 10.6. The minimum Gasteiger partial charge on any atom is -0.494 e. The minimum atomic E-state index is -0.838. The molecule has 0 unspecified atom stereocenters. The van der Waals surface area contributed by atoms with Crippen molar-refractivity contribution in [1.82, 2.24) is 10.7 Å². The highest BCUT2D eigenvalue weighted by atomic mass is 16.7. The van der Waals surface area contributed by atoms with Crippen LogP contribution >= 0.6 is 0 Å². The van der Waals surface area contributed by atoms with Crippen LogP contribution in [-0.2, 0) is 11.3 Å². The number of nitrogens with zero attached hydrogens (tertiary/aromatic N) is 1. The monoisotopic (exact) mass is 353 g/mol. The van der Waals surface area contributed by atoms with Crippen molar-refractivity contribution < 1.29 is 19.3 Å². The summed E-state index contributed by atoms with van der Waals surface area (Å²) in [5.74, 6) is 0.0677. The van der Waals surface area contributed by atoms with Crippen molar-refractivity contribution in [3.8, 4) is 5.75 Å². The van der Waals surface area contributed by atoms with E-state index < -0.39 is 22.7 Å². The number of hydrogen-bond donors (Lipinski definition) is 4. The lowest BCUT2D eigenvalue weighted by Crippen LogP contribution is -2.34. The van der Waals surface area contributed by atoms with Crippen molar-refractivity contribution in [2.75, 3.05) is 11.9 Å². The molecule has 138 valence electrons. The third kappa shape index (κ3) is 7.86. The molecule has 4 N–H and O–H groups in total. The second-order valence-corrected chi connectivity index (χ2v) is 5.98. The van der Waals surface area contributed by atoms with Crippen molar-refractivity contribution in [3.63, 3.8) is 0 Å². The number of rotatable bonds is 6. The standard InChI is InChI=1S/C15H23N5O5/c1-5-24-12-7-6-11(18-13(16)19-20(22)23)8-10(12)9-17-14(21)25-15(2,3)4/h6-8H,5,9H2,1-4H3,(H,17,21)(H3,16,18,19). The first-order chi connectivity index (χ1) is 11.6. The van der Waals surface area contributed by atoms with Crippen molar-refractivity contribution in [1.29, 1.82) is 5.41 Å². The van der Waals surface area contributed by atoms with Gasteiger partial charge in [-0.05, 0) is 45.9 Å². The zero-order valence-electron chi connectivity index (χ0n) is 14.6. The molecule has 0 saturated carbocycles. The predicted molar refractivity (Wildman–Crippen MR) is 92.2 cm³/mol. The second kappa shape index (κ2) is 8.71. The molecule has 1 aromatic carbocycles. The molecule has 0 atom stereocenters. The molecule has 25 heavy (non-hydrogen) atoms. The van der Waals surface area contributed by atoms with E-state index in [1.165, 1.54) is 0 Å². The first kappa shape index (κ1) is 20.0. The molecule has 0 aliphatic carbocycles. The van der Waals surface area contributed by atoms with Crippen LogP contribution in [-0.4, -0.2) is 29.3 Å². The lowest BCUT2D eigenvalue weighted by atomic mass is 10.1. The molecule has 0 aliphatic heterocycles. The Balaban J connectivity index is 2.83. The third-order valence-corrected chi connectivity index (χ3v) is 2.65. The molecule has 0 bridgehead atoms. The Kier molecular flexibility index (Phi) is 6.97. The van der Waals surface area contributed by atoms with E-state index in [2.05, 4.69) is 10.6 Å². The van der Waals surface area contributed by atoms with Crippen LogP contribution in [0.5, 0.6) is 5.75 Å². The van der Waals surface area contributed by atoms with Gasteiger partial charge in [-0.2, -0.15) is 0 Å². The van der Waals surface area contributed by atoms with E-state index in [1.54, 1.807) is 44.4 Å². The van der Waals surface area contributed by atoms with Gasteiger partial charge in [-0.1, -0.05) is 5.43 Å². The molecule has 0 heterocycles. The minimum absolute atomic E-state index is 0.135. The van der Waals surface area contributed by atoms with Crippen LogP contribution in [0.25, 0.3) is 0 Å². The van der Waals surface area contributed by atoms with Gasteiger partial charge in [0.25, 0.3) is 5.96 Å². The quantitative estimate of drug-likeness (QED) is 0.266. The summed E-state index contributed by atoms with van der Waals surface area (Å²) >= 11 is 0. The lowest BCUT2D eigenvalue weighted by molar-refractivity contribution is -0.525. The number of hydrogen-bond acceptors (Lipinski definition) is 6. The van der Waals surface area contributed by atoms with E-state index in [-0.39, 0.29) is 6.54 Å². The molecule has 1 rings (SSSR count). The molecule has 1 aromatic rings. The van der Waals surface area contributed by atoms with Gasteiger partial charge in [-0.3, -0.25) is 5.41 Å². The number of nitrogens with one attached hydrogen (secondary N) is 4. The maximum Gasteiger partial charge on any atom is 0.407 e. The van der Waals surface area contributed by atoms with Gasteiger partial charge in [0.1, 0.15) is 11.4 Å². The van der Waals surface area contributed by atoms with E-state index in [0.717, 1.165) is 0 Å². The predicted octanol–water partition coefficient (Wildman–Crippen LogP) is 2.24. The Morgan fingerprint density at radius 3 is 2.60 bits per heavy atom. The van der Waals surface area contributed by atoms with Crippen molar-refractivity contribution >= 4 is 17.7 Å². The van der Waals surface area contributed by atoms with Gasteiger partial charge in [0, 0.05) is 17.8 Å². The molecule has 0 aliphatic rings. The van der Waals surface area contributed by atoms with Crippen LogP contribution in [0.3, 0.4) is 0 Å². The number of carbonyl (C=O) groups excluding carboxylic acids is 1. The zero-order valence-corrected chi connectivity index (χ0v) is 14.6. The third-order valence-electron chi connectivity index (χ3n) is 2.65. The Labute approximate surface area is 145 Å². The van der Waals surface area contributed by atoms with Crippen LogP contribution in [0, 0.1) is 15.5 Å². The average Bonchev–Trinajstić information content (AvgIpc) is 2.44. The molecule has 0 saturated heterocycles. The van der Waals surface area contributed by atoms with E-state index in [9.17, 15) is 14.9 Å². The van der Waals surface area contributed by atoms with Gasteiger partial charge in [0.15, 0.2) is 5.03 Å². The van der Waals surface area contributed by atoms with Gasteiger partial charge in [0.05, 0.1) is 6.61 Å². The fourth-order valence-electron chi connectivity index (χ4n) is 1.84. The highest BCUT2D eigenvalue weighted by Crippen LogP contribution is 2.23. The maximum absolute atomic E-state index is 11.8. The topological polar surface area (TPSA) is 139 Å². The first-order valence-electron chi connectivity index (χ1n) is 7.60. The summed E-state index contributed by atoms with van der Waals surface area (Å²) in [6.45, 7) is 7.68. The van der Waals surface area contributed by atoms with Crippen LogP contribution in [0.1, 0.15) is 33.3 Å². The molecule has 10 nitrogen and oxygen atoms in total. The van der Waals surface area contributed by atoms with E-state index >= 15 is 0 Å². The highest BCUT2D eigenvalue weighted by Gasteiger charge is 2.16. The fourth-order valence-corrected chi connectivity index (χ4v) is 1.84. The molecule has 0 spiro atoms. The summed E-state index contributed by atoms with van der Waals surface area (Å²) in [7, 11) is 0. The SMILES string of the molecule is CCOc1ccc(NC(=N)N[N+](=O)[O-])cc1CNC(=O)OC(C)(C)C. The first-order valence-corrected chi connectivity index (χ1v) is 7.60. The van der Waals surface area contributed by atoms with Crippen LogP contribution in [0.4, 0.5) is 10.5 Å². The summed E-state index contributed by atoms with van der Waals surface area (Å²) in [4.78, 5) is 22.1. The molecule has 1 amide bonds. The van der Waals surface area contributed by atoms with Crippen LogP contribution in [0.15, 0.2) is 18.2 Å². The average molecular weight is 353 g/mol. The summed E-state index contributed by atoms with van der Waals surface area (Å²) < 4.78 is 10.7. The summed E-state index contributed by atoms with van der Waals surface area (Å²) in [5.41, 5.74) is 2.15. The number of guanidine groups is 1. The molecule has 0 fully saturated rings. The Hall–Kier alpha value is -3.04. The van der Waals surface area contributed by atoms with Gasteiger partial charge in [0.2, 0.25) is 0 Å². The van der Waals surface area contributed by atoms with E-state index in [1.807, 2.05) is 6.92 Å². The van der Waals surface area contributed by atoms with Gasteiger partial charge in [-0.25, -0.2) is 14.9 Å². The maximum atomic E-state index is 11.8. The number of carbonyl (C=O) groups is 1. The number of nitro groups is 1. The number of anilines is 1. The smallest absolute Gasteiger partial charge is 0.407 e. The molecule has 0 aromatic heterocycles. The number of hydrazine groups is 1. The van der Waals surface area contributed by atoms with Crippen molar-refractivity contribution in [2.45, 2.75) is 39.8 Å². The Morgan fingerprint density at radius 1 is 1.36 bits per heavy atom. The lowest BCUT2D eigenvalue weighted by Gasteiger charge is -2.20. The van der Waals surface area contributed by atoms with Crippen molar-refractivity contribution in [3.05, 3.63) is 33.9 Å². The summed E-state index contributed by atoms with van der Waals surface area (Å²) in [5, 5.41) is 22.1. The molecule has 10 heteroatoms.